The van der Waals surface area contributed by atoms with E-state index in [2.05, 4.69) is 15.9 Å². The highest BCUT2D eigenvalue weighted by molar-refractivity contribution is 9.10. The number of methoxy groups -OCH3 is 1. The zero-order chi connectivity index (χ0) is 11.6. The van der Waals surface area contributed by atoms with Crippen molar-refractivity contribution in [1.82, 2.24) is 0 Å². The average molecular weight is 276 g/mol. The lowest BCUT2D eigenvalue weighted by molar-refractivity contribution is 0.0960. The van der Waals surface area contributed by atoms with Crippen LogP contribution in [0.15, 0.2) is 16.6 Å². The lowest BCUT2D eigenvalue weighted by Crippen LogP contribution is -2.28. The van der Waals surface area contributed by atoms with Crippen LogP contribution in [0.1, 0.15) is 17.3 Å². The SMILES string of the molecule is COc1c(Br)ccc(F)c1C(=O)C(C)N. The molecule has 1 aromatic rings. The van der Waals surface area contributed by atoms with Gasteiger partial charge in [0.05, 0.1) is 23.2 Å². The van der Waals surface area contributed by atoms with Crippen LogP contribution in [0.2, 0.25) is 0 Å². The van der Waals surface area contributed by atoms with E-state index in [0.717, 1.165) is 0 Å². The van der Waals surface area contributed by atoms with Crippen molar-refractivity contribution in [1.29, 1.82) is 0 Å². The molecule has 1 unspecified atom stereocenters. The lowest BCUT2D eigenvalue weighted by atomic mass is 10.0. The summed E-state index contributed by atoms with van der Waals surface area (Å²) >= 11 is 3.17. The van der Waals surface area contributed by atoms with Gasteiger partial charge in [0.25, 0.3) is 0 Å². The van der Waals surface area contributed by atoms with Crippen LogP contribution in [-0.2, 0) is 0 Å². The molecule has 0 spiro atoms. The zero-order valence-electron chi connectivity index (χ0n) is 8.38. The third-order valence-electron chi connectivity index (χ3n) is 1.92. The maximum Gasteiger partial charge on any atom is 0.185 e. The smallest absolute Gasteiger partial charge is 0.185 e. The molecule has 0 aliphatic carbocycles. The number of carbonyl (C=O) groups excluding carboxylic acids is 1. The van der Waals surface area contributed by atoms with Gasteiger partial charge < -0.3 is 10.5 Å². The van der Waals surface area contributed by atoms with Gasteiger partial charge in [-0.15, -0.1) is 0 Å². The van der Waals surface area contributed by atoms with Crippen molar-refractivity contribution in [3.8, 4) is 5.75 Å². The van der Waals surface area contributed by atoms with Gasteiger partial charge in [-0.1, -0.05) is 0 Å². The van der Waals surface area contributed by atoms with E-state index in [-0.39, 0.29) is 11.3 Å². The van der Waals surface area contributed by atoms with Gasteiger partial charge in [-0.3, -0.25) is 4.79 Å². The molecular formula is C10H11BrFNO2. The maximum absolute atomic E-state index is 13.5. The number of halogens is 2. The molecule has 3 nitrogen and oxygen atoms in total. The summed E-state index contributed by atoms with van der Waals surface area (Å²) in [6.07, 6.45) is 0. The Morgan fingerprint density at radius 3 is 2.67 bits per heavy atom. The Kier molecular flexibility index (Phi) is 3.82. The Morgan fingerprint density at radius 1 is 1.60 bits per heavy atom. The second-order valence-electron chi connectivity index (χ2n) is 3.09. The predicted octanol–water partition coefficient (Wildman–Crippen LogP) is 2.13. The minimum absolute atomic E-state index is 0.109. The molecule has 0 aliphatic rings. The van der Waals surface area contributed by atoms with Crippen molar-refractivity contribution in [3.05, 3.63) is 28.0 Å². The molecule has 2 N–H and O–H groups in total. The van der Waals surface area contributed by atoms with Gasteiger partial charge in [-0.2, -0.15) is 0 Å². The number of carbonyl (C=O) groups is 1. The van der Waals surface area contributed by atoms with E-state index in [1.54, 1.807) is 0 Å². The van der Waals surface area contributed by atoms with Crippen molar-refractivity contribution in [2.45, 2.75) is 13.0 Å². The summed E-state index contributed by atoms with van der Waals surface area (Å²) < 4.78 is 18.9. The molecule has 0 fully saturated rings. The van der Waals surface area contributed by atoms with Crippen molar-refractivity contribution in [3.63, 3.8) is 0 Å². The topological polar surface area (TPSA) is 52.3 Å². The van der Waals surface area contributed by atoms with Crippen molar-refractivity contribution in [2.24, 2.45) is 5.73 Å². The fraction of sp³-hybridized carbons (Fsp3) is 0.300. The molecule has 0 amide bonds. The number of benzene rings is 1. The highest BCUT2D eigenvalue weighted by Gasteiger charge is 2.22. The van der Waals surface area contributed by atoms with Crippen molar-refractivity contribution in [2.75, 3.05) is 7.11 Å². The summed E-state index contributed by atoms with van der Waals surface area (Å²) in [5.74, 6) is -0.930. The number of ether oxygens (including phenoxy) is 1. The number of Topliss-reactive ketones (excluding diaryl/α,β-unsaturated/α-hetero) is 1. The Hall–Kier alpha value is -0.940. The molecule has 0 radical (unpaired) electrons. The van der Waals surface area contributed by atoms with Gasteiger partial charge in [-0.25, -0.2) is 4.39 Å². The molecule has 1 rings (SSSR count). The number of ketones is 1. The van der Waals surface area contributed by atoms with E-state index >= 15 is 0 Å². The van der Waals surface area contributed by atoms with Gasteiger partial charge in [0.1, 0.15) is 11.6 Å². The molecule has 0 bridgehead atoms. The minimum Gasteiger partial charge on any atom is -0.495 e. The molecule has 0 aliphatic heterocycles. The summed E-state index contributed by atoms with van der Waals surface area (Å²) in [5.41, 5.74) is 5.31. The van der Waals surface area contributed by atoms with Crippen LogP contribution >= 0.6 is 15.9 Å². The first kappa shape index (κ1) is 12.1. The van der Waals surface area contributed by atoms with Gasteiger partial charge in [-0.05, 0) is 35.0 Å². The highest BCUT2D eigenvalue weighted by atomic mass is 79.9. The monoisotopic (exact) mass is 275 g/mol. The zero-order valence-corrected chi connectivity index (χ0v) is 9.97. The van der Waals surface area contributed by atoms with Crippen molar-refractivity contribution < 1.29 is 13.9 Å². The Balaban J connectivity index is 3.37. The Morgan fingerprint density at radius 2 is 2.20 bits per heavy atom. The molecule has 1 atom stereocenters. The summed E-state index contributed by atoms with van der Waals surface area (Å²) in [5, 5.41) is 0. The first-order chi connectivity index (χ1) is 6.99. The van der Waals surface area contributed by atoms with Gasteiger partial charge in [0, 0.05) is 0 Å². The molecule has 1 aromatic carbocycles. The van der Waals surface area contributed by atoms with E-state index in [1.165, 1.54) is 26.2 Å². The molecular weight excluding hydrogens is 265 g/mol. The van der Waals surface area contributed by atoms with Crippen LogP contribution in [0.4, 0.5) is 4.39 Å². The van der Waals surface area contributed by atoms with E-state index < -0.39 is 17.6 Å². The van der Waals surface area contributed by atoms with E-state index in [9.17, 15) is 9.18 Å². The molecule has 0 heterocycles. The summed E-state index contributed by atoms with van der Waals surface area (Å²) in [6.45, 7) is 1.50. The summed E-state index contributed by atoms with van der Waals surface area (Å²) in [4.78, 5) is 11.6. The van der Waals surface area contributed by atoms with Crippen LogP contribution in [0, 0.1) is 5.82 Å². The molecule has 15 heavy (non-hydrogen) atoms. The van der Waals surface area contributed by atoms with E-state index in [4.69, 9.17) is 10.5 Å². The third-order valence-corrected chi connectivity index (χ3v) is 2.55. The summed E-state index contributed by atoms with van der Waals surface area (Å²) in [6, 6.07) is 1.91. The molecule has 82 valence electrons. The van der Waals surface area contributed by atoms with E-state index in [1.807, 2.05) is 0 Å². The lowest BCUT2D eigenvalue weighted by Gasteiger charge is -2.12. The number of nitrogens with two attached hydrogens (primary N) is 1. The number of hydrogen-bond acceptors (Lipinski definition) is 3. The first-order valence-corrected chi connectivity index (χ1v) is 5.10. The molecule has 0 saturated heterocycles. The van der Waals surface area contributed by atoms with Gasteiger partial charge in [0.2, 0.25) is 0 Å². The average Bonchev–Trinajstić information content (AvgIpc) is 2.19. The van der Waals surface area contributed by atoms with Crippen LogP contribution in [0.5, 0.6) is 5.75 Å². The quantitative estimate of drug-likeness (QED) is 0.860. The van der Waals surface area contributed by atoms with Crippen LogP contribution in [0.3, 0.4) is 0 Å². The second kappa shape index (κ2) is 4.72. The number of hydrogen-bond donors (Lipinski definition) is 1. The van der Waals surface area contributed by atoms with Crippen LogP contribution < -0.4 is 10.5 Å². The normalized spacial score (nSPS) is 12.3. The maximum atomic E-state index is 13.5. The fourth-order valence-electron chi connectivity index (χ4n) is 1.19. The second-order valence-corrected chi connectivity index (χ2v) is 3.94. The highest BCUT2D eigenvalue weighted by Crippen LogP contribution is 2.31. The standard InChI is InChI=1S/C10H11BrFNO2/c1-5(13)9(14)8-7(12)4-3-6(11)10(8)15-2/h3-5H,13H2,1-2H3. The fourth-order valence-corrected chi connectivity index (χ4v) is 1.68. The first-order valence-electron chi connectivity index (χ1n) is 4.30. The van der Waals surface area contributed by atoms with E-state index in [0.29, 0.717) is 4.47 Å². The minimum atomic E-state index is -0.761. The summed E-state index contributed by atoms with van der Waals surface area (Å²) in [7, 11) is 1.37. The molecule has 0 aromatic heterocycles. The van der Waals surface area contributed by atoms with Gasteiger partial charge in [0.15, 0.2) is 5.78 Å². The number of rotatable bonds is 3. The van der Waals surface area contributed by atoms with Gasteiger partial charge >= 0.3 is 0 Å². The molecule has 0 saturated carbocycles. The Bertz CT molecular complexity index is 393. The molecule has 5 heteroatoms. The van der Waals surface area contributed by atoms with Crippen LogP contribution in [-0.4, -0.2) is 18.9 Å². The Labute approximate surface area is 95.5 Å². The predicted molar refractivity (Wildman–Crippen MR) is 58.6 cm³/mol. The largest absolute Gasteiger partial charge is 0.495 e. The van der Waals surface area contributed by atoms with Crippen molar-refractivity contribution >= 4 is 21.7 Å². The van der Waals surface area contributed by atoms with Crippen LogP contribution in [0.25, 0.3) is 0 Å². The third kappa shape index (κ3) is 2.35.